The lowest BCUT2D eigenvalue weighted by atomic mass is 10.0. The molecule has 7 nitrogen and oxygen atoms in total. The molecule has 2 N–H and O–H groups in total. The minimum atomic E-state index is -1.55. The summed E-state index contributed by atoms with van der Waals surface area (Å²) in [5.41, 5.74) is -0.138. The van der Waals surface area contributed by atoms with Crippen molar-refractivity contribution in [3.8, 4) is 0 Å². The predicted molar refractivity (Wildman–Crippen MR) is 109 cm³/mol. The topological polar surface area (TPSA) is 103 Å². The number of fused-ring (bicyclic) bond motifs is 3. The lowest BCUT2D eigenvalue weighted by Crippen LogP contribution is -2.26. The summed E-state index contributed by atoms with van der Waals surface area (Å²) in [5, 5.41) is 9.13. The van der Waals surface area contributed by atoms with Gasteiger partial charge in [0.05, 0.1) is 22.0 Å². The Morgan fingerprint density at radius 3 is 2.63 bits per heavy atom. The maximum Gasteiger partial charge on any atom is 0.339 e. The second-order valence-electron chi connectivity index (χ2n) is 6.85. The second kappa shape index (κ2) is 7.40. The Kier molecular flexibility index (Phi) is 4.75. The Morgan fingerprint density at radius 1 is 1.20 bits per heavy atom. The van der Waals surface area contributed by atoms with Crippen molar-refractivity contribution < 1.29 is 19.1 Å². The number of aromatic carboxylic acids is 1. The van der Waals surface area contributed by atoms with Crippen LogP contribution in [0.15, 0.2) is 59.7 Å². The highest BCUT2D eigenvalue weighted by Gasteiger charge is 2.24. The molecule has 0 atom stereocenters. The smallest absolute Gasteiger partial charge is 0.339 e. The summed E-state index contributed by atoms with van der Waals surface area (Å²) in [6.45, 7) is 0.336. The van der Waals surface area contributed by atoms with E-state index in [-0.39, 0.29) is 27.4 Å². The zero-order valence-corrected chi connectivity index (χ0v) is 15.8. The molecule has 0 aliphatic rings. The summed E-state index contributed by atoms with van der Waals surface area (Å²) in [6, 6.07) is 11.8. The van der Waals surface area contributed by atoms with E-state index in [4.69, 9.17) is 0 Å². The molecule has 0 saturated carbocycles. The minimum absolute atomic E-state index is 0.0617. The first-order valence-electron chi connectivity index (χ1n) is 9.03. The highest BCUT2D eigenvalue weighted by atomic mass is 19.1. The Bertz CT molecular complexity index is 1370. The maximum absolute atomic E-state index is 15.0. The molecule has 0 aliphatic heterocycles. The second-order valence-corrected chi connectivity index (χ2v) is 6.85. The van der Waals surface area contributed by atoms with Crippen LogP contribution in [0.25, 0.3) is 21.8 Å². The number of amides is 1. The van der Waals surface area contributed by atoms with Gasteiger partial charge in [-0.1, -0.05) is 30.3 Å². The first-order valence-corrected chi connectivity index (χ1v) is 9.03. The molecule has 2 aromatic carbocycles. The van der Waals surface area contributed by atoms with Crippen LogP contribution in [0, 0.1) is 5.82 Å². The summed E-state index contributed by atoms with van der Waals surface area (Å²) >= 11 is 0. The largest absolute Gasteiger partial charge is 0.478 e. The van der Waals surface area contributed by atoms with Gasteiger partial charge in [-0.05, 0) is 11.6 Å². The average Bonchev–Trinajstić information content (AvgIpc) is 2.73. The van der Waals surface area contributed by atoms with E-state index in [0.717, 1.165) is 11.6 Å². The summed E-state index contributed by atoms with van der Waals surface area (Å²) in [5.74, 6) is -3.10. The minimum Gasteiger partial charge on any atom is -0.478 e. The molecular weight excluding hydrogens is 389 g/mol. The van der Waals surface area contributed by atoms with Crippen LogP contribution in [0.1, 0.15) is 26.3 Å². The average molecular weight is 405 g/mol. The molecule has 30 heavy (non-hydrogen) atoms. The molecular formula is C22H16FN3O4. The third kappa shape index (κ3) is 3.18. The number of carbonyl (C=O) groups is 2. The number of pyridine rings is 2. The van der Waals surface area contributed by atoms with Gasteiger partial charge in [0, 0.05) is 37.4 Å². The van der Waals surface area contributed by atoms with Crippen molar-refractivity contribution in [2.45, 2.75) is 6.54 Å². The van der Waals surface area contributed by atoms with Gasteiger partial charge in [-0.15, -0.1) is 0 Å². The molecule has 150 valence electrons. The van der Waals surface area contributed by atoms with Gasteiger partial charge in [-0.25, -0.2) is 9.18 Å². The molecule has 0 radical (unpaired) electrons. The molecule has 8 heteroatoms. The summed E-state index contributed by atoms with van der Waals surface area (Å²) < 4.78 is 15.0. The summed E-state index contributed by atoms with van der Waals surface area (Å²) in [6.07, 6.45) is 2.62. The standard InChI is InChI=1S/C22H16FN3O4/c1-26(11-12-5-3-2-4-6-12)21(28)13-9-14-16(22(29)30)18(23)17-15(27)7-8-24-20(17)19(14)25-10-13/h2-10H,11H2,1H3,(H,24,27)(H,29,30). The Hall–Kier alpha value is -4.07. The Morgan fingerprint density at radius 2 is 1.93 bits per heavy atom. The van der Waals surface area contributed by atoms with Crippen molar-refractivity contribution in [3.63, 3.8) is 0 Å². The number of hydrogen-bond acceptors (Lipinski definition) is 4. The SMILES string of the molecule is CN(Cc1ccccc1)C(=O)c1cnc2c(c1)c(C(=O)O)c(F)c1c(=O)cc[nH]c12. The van der Waals surface area contributed by atoms with E-state index in [0.29, 0.717) is 6.54 Å². The van der Waals surface area contributed by atoms with Crippen molar-refractivity contribution in [2.24, 2.45) is 0 Å². The van der Waals surface area contributed by atoms with E-state index < -0.39 is 28.7 Å². The van der Waals surface area contributed by atoms with E-state index >= 15 is 0 Å². The number of H-pyrrole nitrogens is 1. The molecule has 2 heterocycles. The van der Waals surface area contributed by atoms with E-state index in [1.54, 1.807) is 7.05 Å². The van der Waals surface area contributed by atoms with Gasteiger partial charge >= 0.3 is 5.97 Å². The summed E-state index contributed by atoms with van der Waals surface area (Å²) in [7, 11) is 1.61. The van der Waals surface area contributed by atoms with Crippen molar-refractivity contribution in [3.05, 3.63) is 87.6 Å². The predicted octanol–water partition coefficient (Wildman–Crippen LogP) is 3.19. The van der Waals surface area contributed by atoms with Crippen LogP contribution in [0.4, 0.5) is 4.39 Å². The lowest BCUT2D eigenvalue weighted by molar-refractivity contribution is 0.0693. The number of benzene rings is 2. The Labute approximate surface area is 169 Å². The zero-order valence-electron chi connectivity index (χ0n) is 15.8. The van der Waals surface area contributed by atoms with Crippen molar-refractivity contribution >= 4 is 33.7 Å². The molecule has 0 fully saturated rings. The number of nitrogens with zero attached hydrogens (tertiary/aromatic N) is 2. The first kappa shape index (κ1) is 19.3. The van der Waals surface area contributed by atoms with Gasteiger partial charge in [0.1, 0.15) is 5.56 Å². The van der Waals surface area contributed by atoms with Crippen molar-refractivity contribution in [1.29, 1.82) is 0 Å². The van der Waals surface area contributed by atoms with Crippen LogP contribution in [-0.2, 0) is 6.54 Å². The fourth-order valence-corrected chi connectivity index (χ4v) is 3.46. The normalized spacial score (nSPS) is 11.0. The highest BCUT2D eigenvalue weighted by molar-refractivity contribution is 6.14. The number of aromatic amines is 1. The van der Waals surface area contributed by atoms with Gasteiger partial charge in [0.15, 0.2) is 11.2 Å². The molecule has 0 spiro atoms. The fourth-order valence-electron chi connectivity index (χ4n) is 3.46. The molecule has 4 aromatic rings. The number of nitrogens with one attached hydrogen (secondary N) is 1. The Balaban J connectivity index is 1.87. The number of halogens is 1. The quantitative estimate of drug-likeness (QED) is 0.508. The van der Waals surface area contributed by atoms with Gasteiger partial charge in [0.25, 0.3) is 5.91 Å². The molecule has 4 rings (SSSR count). The number of carboxylic acids is 1. The third-order valence-electron chi connectivity index (χ3n) is 4.86. The van der Waals surface area contributed by atoms with E-state index in [1.807, 2.05) is 30.3 Å². The fraction of sp³-hybridized carbons (Fsp3) is 0.0909. The van der Waals surface area contributed by atoms with Crippen molar-refractivity contribution in [2.75, 3.05) is 7.05 Å². The van der Waals surface area contributed by atoms with Crippen LogP contribution < -0.4 is 5.43 Å². The van der Waals surface area contributed by atoms with Crippen LogP contribution in [0.5, 0.6) is 0 Å². The van der Waals surface area contributed by atoms with E-state index in [2.05, 4.69) is 9.97 Å². The van der Waals surface area contributed by atoms with Gasteiger partial charge in [-0.3, -0.25) is 14.6 Å². The van der Waals surface area contributed by atoms with Crippen LogP contribution in [0.2, 0.25) is 0 Å². The van der Waals surface area contributed by atoms with E-state index in [1.165, 1.54) is 23.4 Å². The number of hydrogen-bond donors (Lipinski definition) is 2. The van der Waals surface area contributed by atoms with Crippen LogP contribution >= 0.6 is 0 Å². The third-order valence-corrected chi connectivity index (χ3v) is 4.86. The zero-order chi connectivity index (χ0) is 21.4. The maximum atomic E-state index is 15.0. The number of rotatable bonds is 4. The number of carbonyl (C=O) groups excluding carboxylic acids is 1. The lowest BCUT2D eigenvalue weighted by Gasteiger charge is -2.18. The number of aromatic nitrogens is 2. The highest BCUT2D eigenvalue weighted by Crippen LogP contribution is 2.29. The molecule has 1 amide bonds. The van der Waals surface area contributed by atoms with Crippen LogP contribution in [-0.4, -0.2) is 38.9 Å². The number of carboxylic acid groups (broad SMARTS) is 1. The summed E-state index contributed by atoms with van der Waals surface area (Å²) in [4.78, 5) is 45.2. The van der Waals surface area contributed by atoms with Gasteiger partial charge < -0.3 is 15.0 Å². The molecule has 0 unspecified atom stereocenters. The molecule has 2 aromatic heterocycles. The first-order chi connectivity index (χ1) is 14.4. The van der Waals surface area contributed by atoms with Crippen molar-refractivity contribution in [1.82, 2.24) is 14.9 Å². The van der Waals surface area contributed by atoms with Crippen LogP contribution in [0.3, 0.4) is 0 Å². The van der Waals surface area contributed by atoms with Gasteiger partial charge in [0.2, 0.25) is 0 Å². The van der Waals surface area contributed by atoms with Gasteiger partial charge in [-0.2, -0.15) is 0 Å². The molecule has 0 bridgehead atoms. The molecule has 0 aliphatic carbocycles. The molecule has 0 saturated heterocycles. The monoisotopic (exact) mass is 405 g/mol. The van der Waals surface area contributed by atoms with E-state index in [9.17, 15) is 23.9 Å².